The third kappa shape index (κ3) is 2.28. The summed E-state index contributed by atoms with van der Waals surface area (Å²) in [6.45, 7) is 1.70. The molecule has 1 heterocycles. The van der Waals surface area contributed by atoms with Crippen LogP contribution in [0.25, 0.3) is 0 Å². The van der Waals surface area contributed by atoms with E-state index in [2.05, 4.69) is 4.98 Å². The summed E-state index contributed by atoms with van der Waals surface area (Å²) in [5, 5.41) is 11.1. The molecule has 0 aromatic carbocycles. The lowest BCUT2D eigenvalue weighted by Gasteiger charge is -2.49. The van der Waals surface area contributed by atoms with Gasteiger partial charge in [0.25, 0.3) is 0 Å². The lowest BCUT2D eigenvalue weighted by atomic mass is 9.57. The molecule has 21 heavy (non-hydrogen) atoms. The summed E-state index contributed by atoms with van der Waals surface area (Å²) in [6, 6.07) is 3.27. The van der Waals surface area contributed by atoms with Crippen LogP contribution in [0.4, 0.5) is 5.82 Å². The van der Waals surface area contributed by atoms with Gasteiger partial charge in [-0.3, -0.25) is 4.79 Å². The molecule has 2 aliphatic rings. The second-order valence-electron chi connectivity index (χ2n) is 5.98. The Morgan fingerprint density at radius 3 is 2.67 bits per heavy atom. The Kier molecular flexibility index (Phi) is 3.39. The summed E-state index contributed by atoms with van der Waals surface area (Å²) in [4.78, 5) is 26.5. The number of carbonyl (C=O) groups excluding carboxylic acids is 1. The number of nitro groups is 1. The van der Waals surface area contributed by atoms with Gasteiger partial charge >= 0.3 is 5.82 Å². The molecule has 1 aromatic rings. The maximum atomic E-state index is 12.1. The molecule has 1 atom stereocenters. The van der Waals surface area contributed by atoms with Gasteiger partial charge in [0.1, 0.15) is 17.6 Å². The van der Waals surface area contributed by atoms with Crippen LogP contribution in [0.5, 0.6) is 5.75 Å². The van der Waals surface area contributed by atoms with Gasteiger partial charge in [0.2, 0.25) is 5.75 Å². The average Bonchev–Trinajstić information content (AvgIpc) is 2.49. The Morgan fingerprint density at radius 1 is 1.33 bits per heavy atom. The first-order valence-corrected chi connectivity index (χ1v) is 7.35. The van der Waals surface area contributed by atoms with Crippen LogP contribution < -0.4 is 4.74 Å². The number of nitrogens with zero attached hydrogens (tertiary/aromatic N) is 2. The highest BCUT2D eigenvalue weighted by molar-refractivity contribution is 5.92. The molecule has 112 valence electrons. The topological polar surface area (TPSA) is 82.3 Å². The van der Waals surface area contributed by atoms with E-state index in [0.717, 1.165) is 32.1 Å². The van der Waals surface area contributed by atoms with Crippen LogP contribution in [0, 0.1) is 22.5 Å². The predicted octanol–water partition coefficient (Wildman–Crippen LogP) is 2.97. The van der Waals surface area contributed by atoms with Gasteiger partial charge in [0.15, 0.2) is 0 Å². The fraction of sp³-hybridized carbons (Fsp3) is 0.600. The van der Waals surface area contributed by atoms with Crippen molar-refractivity contribution in [3.05, 3.63) is 27.9 Å². The number of aryl methyl sites for hydroxylation is 1. The van der Waals surface area contributed by atoms with Crippen molar-refractivity contribution in [1.82, 2.24) is 4.98 Å². The van der Waals surface area contributed by atoms with Crippen molar-refractivity contribution in [3.63, 3.8) is 0 Å². The van der Waals surface area contributed by atoms with E-state index in [0.29, 0.717) is 12.1 Å². The second kappa shape index (κ2) is 5.09. The van der Waals surface area contributed by atoms with Crippen molar-refractivity contribution in [2.75, 3.05) is 0 Å². The van der Waals surface area contributed by atoms with Gasteiger partial charge in [0.05, 0.1) is 5.41 Å². The molecule has 0 amide bonds. The molecule has 0 radical (unpaired) electrons. The number of ketones is 1. The summed E-state index contributed by atoms with van der Waals surface area (Å²) in [5.41, 5.74) is 0.169. The highest BCUT2D eigenvalue weighted by Crippen LogP contribution is 2.51. The fourth-order valence-corrected chi connectivity index (χ4v) is 3.46. The summed E-state index contributed by atoms with van der Waals surface area (Å²) < 4.78 is 5.84. The molecular weight excluding hydrogens is 272 g/mol. The monoisotopic (exact) mass is 290 g/mol. The number of Topliss-reactive ketones (excluding diaryl/α,β-unsaturated/α-hetero) is 1. The average molecular weight is 290 g/mol. The largest absolute Gasteiger partial charge is 0.481 e. The van der Waals surface area contributed by atoms with Gasteiger partial charge in [-0.05, 0) is 34.9 Å². The van der Waals surface area contributed by atoms with Crippen LogP contribution >= 0.6 is 0 Å². The highest BCUT2D eigenvalue weighted by Gasteiger charge is 2.56. The van der Waals surface area contributed by atoms with E-state index in [1.165, 1.54) is 0 Å². The molecule has 1 spiro atoms. The van der Waals surface area contributed by atoms with Crippen LogP contribution in [0.3, 0.4) is 0 Å². The van der Waals surface area contributed by atoms with Gasteiger partial charge < -0.3 is 14.9 Å². The summed E-state index contributed by atoms with van der Waals surface area (Å²) >= 11 is 0. The summed E-state index contributed by atoms with van der Waals surface area (Å²) in [7, 11) is 0. The standard InChI is InChI=1S/C15H18N2O4/c1-10-5-6-11(14(16-10)17(19)20)21-13-9-12(18)15(13)7-3-2-4-8-15/h5-6,13H,2-4,7-9H2,1H3. The second-order valence-corrected chi connectivity index (χ2v) is 5.98. The molecule has 1 aromatic heterocycles. The zero-order valence-electron chi connectivity index (χ0n) is 12.0. The van der Waals surface area contributed by atoms with Crippen molar-refractivity contribution in [2.24, 2.45) is 5.41 Å². The number of ether oxygens (including phenoxy) is 1. The van der Waals surface area contributed by atoms with Crippen molar-refractivity contribution < 1.29 is 14.5 Å². The number of hydrogen-bond acceptors (Lipinski definition) is 5. The normalized spacial score (nSPS) is 23.7. The molecule has 6 heteroatoms. The van der Waals surface area contributed by atoms with E-state index < -0.39 is 10.3 Å². The maximum Gasteiger partial charge on any atom is 0.406 e. The van der Waals surface area contributed by atoms with E-state index in [1.54, 1.807) is 19.1 Å². The van der Waals surface area contributed by atoms with Crippen molar-refractivity contribution >= 4 is 11.6 Å². The van der Waals surface area contributed by atoms with Gasteiger partial charge in [-0.25, -0.2) is 0 Å². The lowest BCUT2D eigenvalue weighted by Crippen LogP contribution is -2.57. The number of aromatic nitrogens is 1. The van der Waals surface area contributed by atoms with Crippen LogP contribution in [-0.2, 0) is 4.79 Å². The number of carbonyl (C=O) groups is 1. The molecule has 2 fully saturated rings. The maximum absolute atomic E-state index is 12.1. The Morgan fingerprint density at radius 2 is 2.05 bits per heavy atom. The minimum absolute atomic E-state index is 0.174. The zero-order valence-corrected chi connectivity index (χ0v) is 12.0. The Balaban J connectivity index is 1.84. The van der Waals surface area contributed by atoms with E-state index in [4.69, 9.17) is 4.74 Å². The molecular formula is C15H18N2O4. The van der Waals surface area contributed by atoms with Crippen LogP contribution in [0.15, 0.2) is 12.1 Å². The van der Waals surface area contributed by atoms with Crippen LogP contribution in [-0.4, -0.2) is 21.8 Å². The first-order chi connectivity index (χ1) is 10.0. The van der Waals surface area contributed by atoms with Gasteiger partial charge in [-0.1, -0.05) is 19.3 Å². The SMILES string of the molecule is Cc1ccc(OC2CC(=O)C23CCCCC3)c([N+](=O)[O-])n1. The molecule has 0 bridgehead atoms. The highest BCUT2D eigenvalue weighted by atomic mass is 16.6. The first-order valence-electron chi connectivity index (χ1n) is 7.35. The fourth-order valence-electron chi connectivity index (χ4n) is 3.46. The number of rotatable bonds is 3. The van der Waals surface area contributed by atoms with E-state index in [9.17, 15) is 14.9 Å². The van der Waals surface area contributed by atoms with Crippen LogP contribution in [0.1, 0.15) is 44.2 Å². The smallest absolute Gasteiger partial charge is 0.406 e. The minimum Gasteiger partial charge on any atom is -0.481 e. The Hall–Kier alpha value is -1.98. The molecule has 0 saturated heterocycles. The first kappa shape index (κ1) is 14.0. The van der Waals surface area contributed by atoms with Gasteiger partial charge in [-0.15, -0.1) is 0 Å². The van der Waals surface area contributed by atoms with Crippen molar-refractivity contribution in [1.29, 1.82) is 0 Å². The lowest BCUT2D eigenvalue weighted by molar-refractivity contribution is -0.391. The predicted molar refractivity (Wildman–Crippen MR) is 75.2 cm³/mol. The molecule has 2 saturated carbocycles. The van der Waals surface area contributed by atoms with Gasteiger partial charge in [-0.2, -0.15) is 0 Å². The quantitative estimate of drug-likeness (QED) is 0.631. The Bertz CT molecular complexity index is 593. The molecule has 0 aliphatic heterocycles. The van der Waals surface area contributed by atoms with E-state index in [1.807, 2.05) is 0 Å². The minimum atomic E-state index is -0.531. The number of pyridine rings is 1. The van der Waals surface area contributed by atoms with E-state index in [-0.39, 0.29) is 23.5 Å². The Labute approximate surface area is 122 Å². The third-order valence-electron chi connectivity index (χ3n) is 4.71. The van der Waals surface area contributed by atoms with Crippen molar-refractivity contribution in [2.45, 2.75) is 51.6 Å². The van der Waals surface area contributed by atoms with Crippen molar-refractivity contribution in [3.8, 4) is 5.75 Å². The summed E-state index contributed by atoms with van der Waals surface area (Å²) in [5.74, 6) is 0.156. The van der Waals surface area contributed by atoms with Gasteiger partial charge in [0, 0.05) is 13.3 Å². The molecule has 0 N–H and O–H groups in total. The molecule has 3 rings (SSSR count). The molecule has 6 nitrogen and oxygen atoms in total. The van der Waals surface area contributed by atoms with E-state index >= 15 is 0 Å². The third-order valence-corrected chi connectivity index (χ3v) is 4.71. The van der Waals surface area contributed by atoms with Crippen LogP contribution in [0.2, 0.25) is 0 Å². The molecule has 1 unspecified atom stereocenters. The summed E-state index contributed by atoms with van der Waals surface area (Å²) in [6.07, 6.45) is 4.99. The molecule has 2 aliphatic carbocycles. The zero-order chi connectivity index (χ0) is 15.0. The number of hydrogen-bond donors (Lipinski definition) is 0.